The summed E-state index contributed by atoms with van der Waals surface area (Å²) in [7, 11) is 3.98. The van der Waals surface area contributed by atoms with Crippen LogP contribution in [0.4, 0.5) is 4.39 Å². The first-order valence-corrected chi connectivity index (χ1v) is 8.40. The van der Waals surface area contributed by atoms with Gasteiger partial charge in [-0.05, 0) is 54.5 Å². The summed E-state index contributed by atoms with van der Waals surface area (Å²) in [6.45, 7) is 0. The van der Waals surface area contributed by atoms with Crippen LogP contribution in [0.2, 0.25) is 0 Å². The predicted octanol–water partition coefficient (Wildman–Crippen LogP) is 4.35. The number of carbonyl (C=O) groups excluding carboxylic acids is 1. The van der Waals surface area contributed by atoms with Crippen molar-refractivity contribution in [2.45, 2.75) is 50.5 Å². The average molecular weight is 356 g/mol. The summed E-state index contributed by atoms with van der Waals surface area (Å²) in [5.41, 5.74) is 0.355. The van der Waals surface area contributed by atoms with E-state index in [0.717, 1.165) is 31.2 Å². The third kappa shape index (κ3) is 3.54. The lowest BCUT2D eigenvalue weighted by molar-refractivity contribution is -0.130. The molecule has 21 heavy (non-hydrogen) atoms. The van der Waals surface area contributed by atoms with Crippen molar-refractivity contribution >= 4 is 21.7 Å². The minimum absolute atomic E-state index is 0.209. The van der Waals surface area contributed by atoms with Crippen LogP contribution in [-0.4, -0.2) is 30.3 Å². The highest BCUT2D eigenvalue weighted by atomic mass is 79.9. The van der Waals surface area contributed by atoms with Gasteiger partial charge >= 0.3 is 0 Å². The van der Waals surface area contributed by atoms with Crippen LogP contribution in [0.15, 0.2) is 22.7 Å². The number of Topliss-reactive ketones (excluding diaryl/α,β-unsaturated/α-hetero) is 1. The van der Waals surface area contributed by atoms with E-state index in [9.17, 15) is 9.18 Å². The van der Waals surface area contributed by atoms with Crippen LogP contribution in [-0.2, 0) is 11.2 Å². The van der Waals surface area contributed by atoms with Gasteiger partial charge in [-0.15, -0.1) is 0 Å². The van der Waals surface area contributed by atoms with Gasteiger partial charge in [0.2, 0.25) is 0 Å². The normalized spacial score (nSPS) is 18.5. The summed E-state index contributed by atoms with van der Waals surface area (Å²) in [6.07, 6.45) is 6.69. The predicted molar refractivity (Wildman–Crippen MR) is 86.9 cm³/mol. The maximum atomic E-state index is 13.6. The smallest absolute Gasteiger partial charge is 0.157 e. The minimum atomic E-state index is -0.387. The Morgan fingerprint density at radius 2 is 1.86 bits per heavy atom. The Morgan fingerprint density at radius 1 is 1.24 bits per heavy atom. The third-order valence-corrected chi connectivity index (χ3v) is 5.58. The first-order chi connectivity index (χ1) is 9.97. The van der Waals surface area contributed by atoms with E-state index in [1.54, 1.807) is 6.07 Å². The number of rotatable bonds is 4. The van der Waals surface area contributed by atoms with Gasteiger partial charge in [-0.3, -0.25) is 9.69 Å². The molecule has 0 amide bonds. The highest BCUT2D eigenvalue weighted by Crippen LogP contribution is 2.34. The summed E-state index contributed by atoms with van der Waals surface area (Å²) in [5.74, 6) is -0.0965. The van der Waals surface area contributed by atoms with E-state index in [2.05, 4.69) is 20.8 Å². The lowest BCUT2D eigenvalue weighted by atomic mass is 9.82. The van der Waals surface area contributed by atoms with Crippen LogP contribution < -0.4 is 0 Å². The Labute approximate surface area is 134 Å². The fourth-order valence-electron chi connectivity index (χ4n) is 3.31. The molecule has 0 saturated heterocycles. The average Bonchev–Trinajstić information content (AvgIpc) is 2.70. The highest BCUT2D eigenvalue weighted by molar-refractivity contribution is 9.10. The Balaban J connectivity index is 2.25. The first kappa shape index (κ1) is 16.6. The molecule has 1 aromatic rings. The molecule has 0 spiro atoms. The number of hydrogen-bond acceptors (Lipinski definition) is 2. The Hall–Kier alpha value is -0.740. The molecule has 0 N–H and O–H groups in total. The van der Waals surface area contributed by atoms with E-state index in [-0.39, 0.29) is 23.6 Å². The van der Waals surface area contributed by atoms with Gasteiger partial charge in [-0.1, -0.05) is 37.8 Å². The highest BCUT2D eigenvalue weighted by Gasteiger charge is 2.40. The van der Waals surface area contributed by atoms with Gasteiger partial charge in [-0.2, -0.15) is 0 Å². The zero-order valence-electron chi connectivity index (χ0n) is 12.8. The maximum absolute atomic E-state index is 13.6. The van der Waals surface area contributed by atoms with E-state index in [1.165, 1.54) is 18.9 Å². The Bertz CT molecular complexity index is 508. The topological polar surface area (TPSA) is 20.3 Å². The molecular weight excluding hydrogens is 333 g/mol. The quantitative estimate of drug-likeness (QED) is 0.748. The van der Waals surface area contributed by atoms with Crippen molar-refractivity contribution < 1.29 is 9.18 Å². The number of likely N-dealkylation sites (N-methyl/N-ethyl adjacent to an activating group) is 1. The molecule has 0 aromatic heterocycles. The van der Waals surface area contributed by atoms with Crippen molar-refractivity contribution in [3.63, 3.8) is 0 Å². The van der Waals surface area contributed by atoms with E-state index >= 15 is 0 Å². The van der Waals surface area contributed by atoms with Gasteiger partial charge in [0, 0.05) is 6.42 Å². The number of carbonyl (C=O) groups is 1. The second-order valence-corrected chi connectivity index (χ2v) is 6.95. The fraction of sp³-hybridized carbons (Fsp3) is 0.588. The molecule has 0 aliphatic heterocycles. The molecule has 1 fully saturated rings. The van der Waals surface area contributed by atoms with Crippen molar-refractivity contribution in [3.05, 3.63) is 34.1 Å². The molecule has 4 heteroatoms. The molecule has 0 radical (unpaired) electrons. The van der Waals surface area contributed by atoms with E-state index in [4.69, 9.17) is 0 Å². The number of ketones is 1. The van der Waals surface area contributed by atoms with Gasteiger partial charge in [0.1, 0.15) is 5.82 Å². The Morgan fingerprint density at radius 3 is 2.43 bits per heavy atom. The molecule has 0 unspecified atom stereocenters. The van der Waals surface area contributed by atoms with Gasteiger partial charge in [-0.25, -0.2) is 4.39 Å². The summed E-state index contributed by atoms with van der Waals surface area (Å²) in [6, 6.07) is 4.90. The fourth-order valence-corrected chi connectivity index (χ4v) is 3.72. The van der Waals surface area contributed by atoms with Gasteiger partial charge in [0.15, 0.2) is 5.78 Å². The molecule has 1 aliphatic rings. The molecule has 116 valence electrons. The van der Waals surface area contributed by atoms with Crippen molar-refractivity contribution in [1.29, 1.82) is 0 Å². The van der Waals surface area contributed by atoms with Crippen molar-refractivity contribution in [1.82, 2.24) is 4.90 Å². The van der Waals surface area contributed by atoms with Gasteiger partial charge in [0.25, 0.3) is 0 Å². The largest absolute Gasteiger partial charge is 0.297 e. The van der Waals surface area contributed by atoms with Crippen LogP contribution in [0.25, 0.3) is 0 Å². The molecule has 0 bridgehead atoms. The van der Waals surface area contributed by atoms with Crippen molar-refractivity contribution in [2.24, 2.45) is 0 Å². The SMILES string of the molecule is CN(C)C1(C(=O)Cc2cccc(F)c2Br)CCCCCC1. The molecule has 0 heterocycles. The van der Waals surface area contributed by atoms with Crippen LogP contribution >= 0.6 is 15.9 Å². The lowest BCUT2D eigenvalue weighted by Gasteiger charge is -2.38. The summed E-state index contributed by atoms with van der Waals surface area (Å²) < 4.78 is 14.0. The molecule has 1 aromatic carbocycles. The van der Waals surface area contributed by atoms with Crippen LogP contribution in [0.3, 0.4) is 0 Å². The van der Waals surface area contributed by atoms with E-state index in [1.807, 2.05) is 20.2 Å². The summed E-state index contributed by atoms with van der Waals surface area (Å²) >= 11 is 3.26. The molecule has 2 nitrogen and oxygen atoms in total. The monoisotopic (exact) mass is 355 g/mol. The summed E-state index contributed by atoms with van der Waals surface area (Å²) in [4.78, 5) is 15.0. The molecule has 1 saturated carbocycles. The number of benzene rings is 1. The molecular formula is C17H23BrFNO. The number of halogens is 2. The maximum Gasteiger partial charge on any atom is 0.157 e. The number of hydrogen-bond donors (Lipinski definition) is 0. The van der Waals surface area contributed by atoms with E-state index < -0.39 is 0 Å². The summed E-state index contributed by atoms with van der Waals surface area (Å²) in [5, 5.41) is 0. The molecule has 1 aliphatic carbocycles. The van der Waals surface area contributed by atoms with Gasteiger partial charge in [0.05, 0.1) is 10.0 Å². The second-order valence-electron chi connectivity index (χ2n) is 6.15. The minimum Gasteiger partial charge on any atom is -0.297 e. The first-order valence-electron chi connectivity index (χ1n) is 7.61. The second kappa shape index (κ2) is 7.01. The van der Waals surface area contributed by atoms with Crippen LogP contribution in [0.1, 0.15) is 44.1 Å². The molecule has 2 rings (SSSR count). The van der Waals surface area contributed by atoms with Crippen LogP contribution in [0, 0.1) is 5.82 Å². The van der Waals surface area contributed by atoms with Crippen LogP contribution in [0.5, 0.6) is 0 Å². The van der Waals surface area contributed by atoms with Crippen molar-refractivity contribution in [3.8, 4) is 0 Å². The lowest BCUT2D eigenvalue weighted by Crippen LogP contribution is -2.51. The van der Waals surface area contributed by atoms with Crippen molar-refractivity contribution in [2.75, 3.05) is 14.1 Å². The standard InChI is InChI=1S/C17H23BrFNO/c1-20(2)17(10-5-3-4-6-11-17)15(21)12-13-8-7-9-14(19)16(13)18/h7-9H,3-6,10-12H2,1-2H3. The van der Waals surface area contributed by atoms with Gasteiger partial charge < -0.3 is 0 Å². The zero-order valence-corrected chi connectivity index (χ0v) is 14.4. The van der Waals surface area contributed by atoms with E-state index in [0.29, 0.717) is 4.47 Å². The molecule has 0 atom stereocenters. The Kier molecular flexibility index (Phi) is 5.55. The third-order valence-electron chi connectivity index (χ3n) is 4.69. The zero-order chi connectivity index (χ0) is 15.5. The number of nitrogens with zero attached hydrogens (tertiary/aromatic N) is 1.